The van der Waals surface area contributed by atoms with Crippen LogP contribution in [0.25, 0.3) is 0 Å². The standard InChI is InChI=1S/C14H19NO2/c1-3-14(16)12-6-4-5-7-13(12)15(2)11-8-9-17-10-11/h4-7,11H,3,8-10H2,1-2H3. The second kappa shape index (κ2) is 5.32. The summed E-state index contributed by atoms with van der Waals surface area (Å²) in [5, 5.41) is 0. The first-order valence-corrected chi connectivity index (χ1v) is 6.17. The monoisotopic (exact) mass is 233 g/mol. The molecule has 1 atom stereocenters. The maximum Gasteiger partial charge on any atom is 0.164 e. The molecule has 0 spiro atoms. The summed E-state index contributed by atoms with van der Waals surface area (Å²) in [6.07, 6.45) is 1.58. The van der Waals surface area contributed by atoms with Gasteiger partial charge in [0.2, 0.25) is 0 Å². The molecule has 0 radical (unpaired) electrons. The van der Waals surface area contributed by atoms with Gasteiger partial charge in [0, 0.05) is 31.3 Å². The summed E-state index contributed by atoms with van der Waals surface area (Å²) in [4.78, 5) is 14.1. The summed E-state index contributed by atoms with van der Waals surface area (Å²) in [5.74, 6) is 0.200. The molecule has 1 aromatic rings. The number of likely N-dealkylation sites (N-methyl/N-ethyl adjacent to an activating group) is 1. The molecule has 1 aliphatic rings. The van der Waals surface area contributed by atoms with Crippen LogP contribution in [0.15, 0.2) is 24.3 Å². The lowest BCUT2D eigenvalue weighted by molar-refractivity contribution is 0.0988. The van der Waals surface area contributed by atoms with Crippen molar-refractivity contribution in [1.82, 2.24) is 0 Å². The predicted molar refractivity (Wildman–Crippen MR) is 68.7 cm³/mol. The van der Waals surface area contributed by atoms with Crippen LogP contribution in [-0.4, -0.2) is 32.1 Å². The molecule has 0 N–H and O–H groups in total. The molecule has 0 aromatic heterocycles. The van der Waals surface area contributed by atoms with Crippen molar-refractivity contribution in [2.24, 2.45) is 0 Å². The molecular weight excluding hydrogens is 214 g/mol. The van der Waals surface area contributed by atoms with Crippen molar-refractivity contribution in [2.45, 2.75) is 25.8 Å². The highest BCUT2D eigenvalue weighted by molar-refractivity contribution is 6.01. The topological polar surface area (TPSA) is 29.5 Å². The fourth-order valence-corrected chi connectivity index (χ4v) is 2.23. The van der Waals surface area contributed by atoms with Gasteiger partial charge in [0.25, 0.3) is 0 Å². The van der Waals surface area contributed by atoms with Gasteiger partial charge >= 0.3 is 0 Å². The largest absolute Gasteiger partial charge is 0.379 e. The normalized spacial score (nSPS) is 19.3. The van der Waals surface area contributed by atoms with Gasteiger partial charge in [-0.25, -0.2) is 0 Å². The number of carbonyl (C=O) groups excluding carboxylic acids is 1. The molecule has 0 aliphatic carbocycles. The molecule has 0 amide bonds. The highest BCUT2D eigenvalue weighted by Gasteiger charge is 2.23. The van der Waals surface area contributed by atoms with E-state index in [4.69, 9.17) is 4.74 Å². The number of hydrogen-bond donors (Lipinski definition) is 0. The molecule has 0 bridgehead atoms. The minimum absolute atomic E-state index is 0.200. The van der Waals surface area contributed by atoms with Gasteiger partial charge in [-0.1, -0.05) is 19.1 Å². The number of Topliss-reactive ketones (excluding diaryl/α,β-unsaturated/α-hetero) is 1. The van der Waals surface area contributed by atoms with Gasteiger partial charge in [0.05, 0.1) is 12.6 Å². The Morgan fingerprint density at radius 2 is 2.24 bits per heavy atom. The molecule has 17 heavy (non-hydrogen) atoms. The van der Waals surface area contributed by atoms with E-state index in [1.54, 1.807) is 0 Å². The summed E-state index contributed by atoms with van der Waals surface area (Å²) in [6.45, 7) is 3.47. The van der Waals surface area contributed by atoms with Crippen molar-refractivity contribution >= 4 is 11.5 Å². The zero-order valence-corrected chi connectivity index (χ0v) is 10.5. The van der Waals surface area contributed by atoms with Crippen LogP contribution < -0.4 is 4.90 Å². The highest BCUT2D eigenvalue weighted by Crippen LogP contribution is 2.25. The van der Waals surface area contributed by atoms with Gasteiger partial charge in [-0.05, 0) is 18.6 Å². The molecule has 1 heterocycles. The summed E-state index contributed by atoms with van der Waals surface area (Å²) < 4.78 is 5.40. The van der Waals surface area contributed by atoms with Gasteiger partial charge in [0.15, 0.2) is 5.78 Å². The van der Waals surface area contributed by atoms with Gasteiger partial charge in [-0.2, -0.15) is 0 Å². The Kier molecular flexibility index (Phi) is 3.79. The van der Waals surface area contributed by atoms with Crippen LogP contribution in [0.3, 0.4) is 0 Å². The first kappa shape index (κ1) is 12.1. The van der Waals surface area contributed by atoms with E-state index in [2.05, 4.69) is 4.90 Å². The molecule has 92 valence electrons. The van der Waals surface area contributed by atoms with Gasteiger partial charge < -0.3 is 9.64 Å². The molecule has 0 saturated carbocycles. The lowest BCUT2D eigenvalue weighted by atomic mass is 10.0. The van der Waals surface area contributed by atoms with Gasteiger partial charge in [0.1, 0.15) is 0 Å². The Labute approximate surface area is 102 Å². The van der Waals surface area contributed by atoms with E-state index in [0.29, 0.717) is 12.5 Å². The van der Waals surface area contributed by atoms with E-state index in [1.807, 2.05) is 38.2 Å². The summed E-state index contributed by atoms with van der Waals surface area (Å²) in [6, 6.07) is 8.22. The van der Waals surface area contributed by atoms with E-state index < -0.39 is 0 Å². The third kappa shape index (κ3) is 2.50. The maximum absolute atomic E-state index is 11.9. The first-order chi connectivity index (χ1) is 8.24. The average Bonchev–Trinajstić information content (AvgIpc) is 2.91. The van der Waals surface area contributed by atoms with Crippen LogP contribution in [0.1, 0.15) is 30.1 Å². The Morgan fingerprint density at radius 3 is 2.88 bits per heavy atom. The molecular formula is C14H19NO2. The van der Waals surface area contributed by atoms with Gasteiger partial charge in [-0.15, -0.1) is 0 Å². The van der Waals surface area contributed by atoms with E-state index in [-0.39, 0.29) is 5.78 Å². The fraction of sp³-hybridized carbons (Fsp3) is 0.500. The highest BCUT2D eigenvalue weighted by atomic mass is 16.5. The van der Waals surface area contributed by atoms with Crippen LogP contribution in [0.2, 0.25) is 0 Å². The number of hydrogen-bond acceptors (Lipinski definition) is 3. The number of para-hydroxylation sites is 1. The predicted octanol–water partition coefficient (Wildman–Crippen LogP) is 2.50. The third-order valence-electron chi connectivity index (χ3n) is 3.36. The third-order valence-corrected chi connectivity index (χ3v) is 3.36. The molecule has 3 nitrogen and oxygen atoms in total. The number of ketones is 1. The van der Waals surface area contributed by atoms with Crippen molar-refractivity contribution in [2.75, 3.05) is 25.2 Å². The quantitative estimate of drug-likeness (QED) is 0.748. The van der Waals surface area contributed by atoms with Crippen molar-refractivity contribution in [3.63, 3.8) is 0 Å². The zero-order chi connectivity index (χ0) is 12.3. The second-order valence-corrected chi connectivity index (χ2v) is 4.42. The first-order valence-electron chi connectivity index (χ1n) is 6.17. The van der Waals surface area contributed by atoms with Gasteiger partial charge in [-0.3, -0.25) is 4.79 Å². The summed E-state index contributed by atoms with van der Waals surface area (Å²) in [7, 11) is 2.04. The van der Waals surface area contributed by atoms with E-state index in [1.165, 1.54) is 0 Å². The molecule has 1 fully saturated rings. The van der Waals surface area contributed by atoms with E-state index >= 15 is 0 Å². The average molecular weight is 233 g/mol. The lowest BCUT2D eigenvalue weighted by Crippen LogP contribution is -2.32. The van der Waals surface area contributed by atoms with Crippen LogP contribution >= 0.6 is 0 Å². The second-order valence-electron chi connectivity index (χ2n) is 4.42. The molecule has 2 rings (SSSR count). The van der Waals surface area contributed by atoms with Crippen LogP contribution in [0, 0.1) is 0 Å². The fourth-order valence-electron chi connectivity index (χ4n) is 2.23. The van der Waals surface area contributed by atoms with Crippen LogP contribution in [0.5, 0.6) is 0 Å². The Bertz CT molecular complexity index is 397. The van der Waals surface area contributed by atoms with E-state index in [9.17, 15) is 4.79 Å². The maximum atomic E-state index is 11.9. The minimum atomic E-state index is 0.200. The molecule has 1 unspecified atom stereocenters. The Morgan fingerprint density at radius 1 is 1.47 bits per heavy atom. The van der Waals surface area contributed by atoms with Crippen molar-refractivity contribution in [3.8, 4) is 0 Å². The number of anilines is 1. The minimum Gasteiger partial charge on any atom is -0.379 e. The SMILES string of the molecule is CCC(=O)c1ccccc1N(C)C1CCOC1. The smallest absolute Gasteiger partial charge is 0.164 e. The molecule has 3 heteroatoms. The van der Waals surface area contributed by atoms with Crippen molar-refractivity contribution in [1.29, 1.82) is 0 Å². The van der Waals surface area contributed by atoms with Crippen LogP contribution in [0.4, 0.5) is 5.69 Å². The Hall–Kier alpha value is -1.35. The molecule has 1 aliphatic heterocycles. The molecule has 1 saturated heterocycles. The number of ether oxygens (including phenoxy) is 1. The number of benzene rings is 1. The summed E-state index contributed by atoms with van der Waals surface area (Å²) >= 11 is 0. The lowest BCUT2D eigenvalue weighted by Gasteiger charge is -2.27. The zero-order valence-electron chi connectivity index (χ0n) is 10.5. The van der Waals surface area contributed by atoms with Crippen molar-refractivity contribution < 1.29 is 9.53 Å². The number of nitrogens with zero attached hydrogens (tertiary/aromatic N) is 1. The van der Waals surface area contributed by atoms with Crippen molar-refractivity contribution in [3.05, 3.63) is 29.8 Å². The Balaban J connectivity index is 2.27. The van der Waals surface area contributed by atoms with E-state index in [0.717, 1.165) is 30.9 Å². The molecule has 1 aromatic carbocycles. The summed E-state index contributed by atoms with van der Waals surface area (Å²) in [5.41, 5.74) is 1.85. The van der Waals surface area contributed by atoms with Crippen LogP contribution in [-0.2, 0) is 4.74 Å². The number of rotatable bonds is 4. The number of carbonyl (C=O) groups is 1.